The summed E-state index contributed by atoms with van der Waals surface area (Å²) in [6.07, 6.45) is 3.13. The average molecular weight is 276 g/mol. The van der Waals surface area contributed by atoms with E-state index in [9.17, 15) is 9.90 Å². The van der Waals surface area contributed by atoms with Gasteiger partial charge in [-0.25, -0.2) is 0 Å². The molecule has 20 heavy (non-hydrogen) atoms. The highest BCUT2D eigenvalue weighted by molar-refractivity contribution is 5.79. The van der Waals surface area contributed by atoms with E-state index in [0.717, 1.165) is 12.8 Å². The number of aliphatic hydroxyl groups is 1. The van der Waals surface area contributed by atoms with Gasteiger partial charge < -0.3 is 20.5 Å². The molecule has 0 aromatic heterocycles. The van der Waals surface area contributed by atoms with Crippen LogP contribution in [0, 0.1) is 0 Å². The predicted molar refractivity (Wildman–Crippen MR) is 75.2 cm³/mol. The largest absolute Gasteiger partial charge is 0.484 e. The predicted octanol–water partition coefficient (Wildman–Crippen LogP) is 1.16. The maximum atomic E-state index is 12.3. The van der Waals surface area contributed by atoms with E-state index < -0.39 is 0 Å². The van der Waals surface area contributed by atoms with Gasteiger partial charge in [0.05, 0.1) is 6.10 Å². The molecule has 2 atom stereocenters. The number of nitrogens with zero attached hydrogens (tertiary/aromatic N) is 1. The molecule has 3 N–H and O–H groups in total. The Morgan fingerprint density at radius 1 is 1.25 bits per heavy atom. The normalized spacial score (nSPS) is 28.4. The molecule has 2 bridgehead atoms. The summed E-state index contributed by atoms with van der Waals surface area (Å²) in [7, 11) is 0. The number of rotatable bonds is 3. The Kier molecular flexibility index (Phi) is 3.53. The molecule has 1 aromatic carbocycles. The minimum Gasteiger partial charge on any atom is -0.484 e. The number of nitrogen functional groups attached to an aromatic ring is 1. The number of aliphatic hydroxyl groups excluding tert-OH is 1. The van der Waals surface area contributed by atoms with Crippen LogP contribution in [0.1, 0.15) is 25.7 Å². The first kappa shape index (κ1) is 13.2. The van der Waals surface area contributed by atoms with Gasteiger partial charge >= 0.3 is 0 Å². The Labute approximate surface area is 118 Å². The van der Waals surface area contributed by atoms with Crippen LogP contribution in [-0.2, 0) is 4.79 Å². The first-order valence-corrected chi connectivity index (χ1v) is 7.11. The number of anilines is 1. The van der Waals surface area contributed by atoms with Crippen LogP contribution < -0.4 is 10.5 Å². The molecule has 2 heterocycles. The van der Waals surface area contributed by atoms with E-state index in [-0.39, 0.29) is 30.7 Å². The summed E-state index contributed by atoms with van der Waals surface area (Å²) < 4.78 is 5.52. The number of hydrogen-bond acceptors (Lipinski definition) is 4. The molecule has 108 valence electrons. The second kappa shape index (κ2) is 5.32. The lowest BCUT2D eigenvalue weighted by molar-refractivity contribution is -0.139. The van der Waals surface area contributed by atoms with E-state index in [1.54, 1.807) is 24.3 Å². The molecule has 2 aliphatic heterocycles. The summed E-state index contributed by atoms with van der Waals surface area (Å²) in [6, 6.07) is 7.40. The lowest BCUT2D eigenvalue weighted by atomic mass is 10.00. The van der Waals surface area contributed by atoms with Gasteiger partial charge in [-0.3, -0.25) is 4.79 Å². The third-order valence-electron chi connectivity index (χ3n) is 4.24. The summed E-state index contributed by atoms with van der Waals surface area (Å²) in [5.41, 5.74) is 6.28. The van der Waals surface area contributed by atoms with Gasteiger partial charge in [-0.15, -0.1) is 0 Å². The molecule has 2 unspecified atom stereocenters. The lowest BCUT2D eigenvalue weighted by Gasteiger charge is -2.37. The zero-order chi connectivity index (χ0) is 14.1. The minimum absolute atomic E-state index is 0.0150. The molecule has 5 heteroatoms. The van der Waals surface area contributed by atoms with Gasteiger partial charge in [0.1, 0.15) is 5.75 Å². The van der Waals surface area contributed by atoms with Crippen molar-refractivity contribution in [3.63, 3.8) is 0 Å². The van der Waals surface area contributed by atoms with E-state index in [0.29, 0.717) is 24.3 Å². The fourth-order valence-corrected chi connectivity index (χ4v) is 3.34. The van der Waals surface area contributed by atoms with Crippen molar-refractivity contribution >= 4 is 11.6 Å². The molecular weight excluding hydrogens is 256 g/mol. The van der Waals surface area contributed by atoms with Crippen molar-refractivity contribution in [2.24, 2.45) is 0 Å². The number of hydrogen-bond donors (Lipinski definition) is 2. The topological polar surface area (TPSA) is 75.8 Å². The molecule has 0 spiro atoms. The third kappa shape index (κ3) is 2.58. The lowest BCUT2D eigenvalue weighted by Crippen LogP contribution is -2.49. The van der Waals surface area contributed by atoms with Crippen LogP contribution in [0.25, 0.3) is 0 Å². The van der Waals surface area contributed by atoms with Gasteiger partial charge in [-0.05, 0) is 49.9 Å². The number of amides is 1. The van der Waals surface area contributed by atoms with Crippen molar-refractivity contribution in [3.05, 3.63) is 24.3 Å². The minimum atomic E-state index is -0.255. The van der Waals surface area contributed by atoms with Gasteiger partial charge in [0.15, 0.2) is 6.61 Å². The summed E-state index contributed by atoms with van der Waals surface area (Å²) in [4.78, 5) is 14.2. The van der Waals surface area contributed by atoms with Gasteiger partial charge in [-0.2, -0.15) is 0 Å². The quantitative estimate of drug-likeness (QED) is 0.812. The third-order valence-corrected chi connectivity index (χ3v) is 4.24. The zero-order valence-electron chi connectivity index (χ0n) is 11.4. The zero-order valence-corrected chi connectivity index (χ0v) is 11.4. The molecule has 0 radical (unpaired) electrons. The number of piperidine rings is 1. The number of carbonyl (C=O) groups excluding carboxylic acids is 1. The van der Waals surface area contributed by atoms with Crippen molar-refractivity contribution in [1.82, 2.24) is 4.90 Å². The van der Waals surface area contributed by atoms with Crippen LogP contribution in [0.4, 0.5) is 5.69 Å². The van der Waals surface area contributed by atoms with Crippen LogP contribution in [-0.4, -0.2) is 40.7 Å². The van der Waals surface area contributed by atoms with Crippen LogP contribution in [0.15, 0.2) is 24.3 Å². The van der Waals surface area contributed by atoms with E-state index in [1.165, 1.54) is 0 Å². The Hall–Kier alpha value is -1.75. The number of nitrogens with two attached hydrogens (primary N) is 1. The smallest absolute Gasteiger partial charge is 0.261 e. The monoisotopic (exact) mass is 276 g/mol. The Balaban J connectivity index is 1.58. The standard InChI is InChI=1S/C15H20N2O3/c16-10-1-5-14(6-2-10)20-9-15(19)17-11-3-4-12(17)8-13(18)7-11/h1-2,5-6,11-13,18H,3-4,7-9,16H2. The molecule has 5 nitrogen and oxygen atoms in total. The van der Waals surface area contributed by atoms with Crippen molar-refractivity contribution in [2.45, 2.75) is 43.9 Å². The van der Waals surface area contributed by atoms with Crippen molar-refractivity contribution in [1.29, 1.82) is 0 Å². The molecule has 2 saturated heterocycles. The van der Waals surface area contributed by atoms with Crippen LogP contribution in [0.2, 0.25) is 0 Å². The number of benzene rings is 1. The maximum Gasteiger partial charge on any atom is 0.261 e. The summed E-state index contributed by atoms with van der Waals surface area (Å²) >= 11 is 0. The summed E-state index contributed by atoms with van der Waals surface area (Å²) in [6.45, 7) is 0.0486. The second-order valence-corrected chi connectivity index (χ2v) is 5.67. The summed E-state index contributed by atoms with van der Waals surface area (Å²) in [5, 5.41) is 9.74. The van der Waals surface area contributed by atoms with Crippen LogP contribution in [0.3, 0.4) is 0 Å². The molecule has 0 saturated carbocycles. The van der Waals surface area contributed by atoms with E-state index in [1.807, 2.05) is 4.90 Å². The van der Waals surface area contributed by atoms with Crippen molar-refractivity contribution in [3.8, 4) is 5.75 Å². The molecule has 2 aliphatic rings. The van der Waals surface area contributed by atoms with E-state index in [2.05, 4.69) is 0 Å². The first-order valence-electron chi connectivity index (χ1n) is 7.11. The van der Waals surface area contributed by atoms with E-state index >= 15 is 0 Å². The number of fused-ring (bicyclic) bond motifs is 2. The highest BCUT2D eigenvalue weighted by Crippen LogP contribution is 2.35. The number of ether oxygens (including phenoxy) is 1. The fraction of sp³-hybridized carbons (Fsp3) is 0.533. The van der Waals surface area contributed by atoms with Gasteiger partial charge in [0, 0.05) is 17.8 Å². The van der Waals surface area contributed by atoms with Crippen LogP contribution >= 0.6 is 0 Å². The Bertz CT molecular complexity index is 474. The van der Waals surface area contributed by atoms with Gasteiger partial charge in [-0.1, -0.05) is 0 Å². The molecule has 1 amide bonds. The molecule has 1 aromatic rings. The van der Waals surface area contributed by atoms with Gasteiger partial charge in [0.25, 0.3) is 5.91 Å². The van der Waals surface area contributed by atoms with Crippen molar-refractivity contribution in [2.75, 3.05) is 12.3 Å². The SMILES string of the molecule is Nc1ccc(OCC(=O)N2C3CCC2CC(O)C3)cc1. The maximum absolute atomic E-state index is 12.3. The molecule has 0 aliphatic carbocycles. The molecular formula is C15H20N2O3. The number of carbonyl (C=O) groups is 1. The van der Waals surface area contributed by atoms with Crippen molar-refractivity contribution < 1.29 is 14.6 Å². The average Bonchev–Trinajstić information content (AvgIpc) is 2.70. The van der Waals surface area contributed by atoms with Gasteiger partial charge in [0.2, 0.25) is 0 Å². The first-order chi connectivity index (χ1) is 9.63. The molecule has 2 fully saturated rings. The van der Waals surface area contributed by atoms with Crippen LogP contribution in [0.5, 0.6) is 5.75 Å². The Morgan fingerprint density at radius 2 is 1.85 bits per heavy atom. The Morgan fingerprint density at radius 3 is 2.45 bits per heavy atom. The van der Waals surface area contributed by atoms with E-state index in [4.69, 9.17) is 10.5 Å². The highest BCUT2D eigenvalue weighted by Gasteiger charge is 2.42. The highest BCUT2D eigenvalue weighted by atomic mass is 16.5. The fourth-order valence-electron chi connectivity index (χ4n) is 3.34. The second-order valence-electron chi connectivity index (χ2n) is 5.67. The molecule has 3 rings (SSSR count). The summed E-state index contributed by atoms with van der Waals surface area (Å²) in [5.74, 6) is 0.665.